The van der Waals surface area contributed by atoms with Crippen LogP contribution in [0.1, 0.15) is 72.9 Å². The highest BCUT2D eigenvalue weighted by Gasteiger charge is 2.42. The lowest BCUT2D eigenvalue weighted by molar-refractivity contribution is 0.0407. The fourth-order valence-corrected chi connectivity index (χ4v) is 6.78. The van der Waals surface area contributed by atoms with Crippen LogP contribution in [-0.4, -0.2) is 28.2 Å². The van der Waals surface area contributed by atoms with Gasteiger partial charge in [0.25, 0.3) is 5.91 Å². The van der Waals surface area contributed by atoms with Gasteiger partial charge in [-0.2, -0.15) is 0 Å². The number of hydrogen-bond donors (Lipinski definition) is 0. The molecule has 3 aromatic rings. The first-order valence-electron chi connectivity index (χ1n) is 12.3. The van der Waals surface area contributed by atoms with Gasteiger partial charge in [-0.1, -0.05) is 70.2 Å². The Labute approximate surface area is 211 Å². The van der Waals surface area contributed by atoms with Crippen LogP contribution in [0.5, 0.6) is 0 Å². The molecule has 2 atom stereocenters. The van der Waals surface area contributed by atoms with Gasteiger partial charge in [-0.15, -0.1) is 11.8 Å². The molecule has 6 heteroatoms. The molecule has 0 spiro atoms. The molecule has 2 aliphatic heterocycles. The third-order valence-electron chi connectivity index (χ3n) is 7.37. The largest absolute Gasteiger partial charge is 0.315 e. The monoisotopic (exact) mass is 487 g/mol. The number of benzene rings is 2. The lowest BCUT2D eigenvalue weighted by Crippen LogP contribution is -2.60. The van der Waals surface area contributed by atoms with Crippen molar-refractivity contribution in [1.29, 1.82) is 0 Å². The minimum Gasteiger partial charge on any atom is -0.315 e. The third-order valence-corrected chi connectivity index (χ3v) is 8.50. The number of nitrogens with zero attached hydrogens (tertiary/aromatic N) is 3. The zero-order chi connectivity index (χ0) is 24.9. The fourth-order valence-electron chi connectivity index (χ4n) is 5.68. The van der Waals surface area contributed by atoms with Crippen LogP contribution < -0.4 is 10.4 Å². The van der Waals surface area contributed by atoms with E-state index in [1.54, 1.807) is 19.2 Å². The fraction of sp³-hybridized carbons (Fsp3) is 0.379. The smallest absolute Gasteiger partial charge is 0.274 e. The molecule has 0 N–H and O–H groups in total. The molecule has 35 heavy (non-hydrogen) atoms. The summed E-state index contributed by atoms with van der Waals surface area (Å²) in [5.41, 5.74) is 4.53. The minimum absolute atomic E-state index is 0.0339. The van der Waals surface area contributed by atoms with Crippen LogP contribution in [0, 0.1) is 12.3 Å². The van der Waals surface area contributed by atoms with Crippen molar-refractivity contribution < 1.29 is 4.79 Å². The second-order valence-corrected chi connectivity index (χ2v) is 11.6. The Hall–Kier alpha value is -2.99. The molecule has 2 aliphatic rings. The van der Waals surface area contributed by atoms with Crippen LogP contribution in [0.25, 0.3) is 0 Å². The van der Waals surface area contributed by atoms with Crippen molar-refractivity contribution in [2.24, 2.45) is 5.41 Å². The molecule has 0 saturated heterocycles. The predicted octanol–water partition coefficient (Wildman–Crippen LogP) is 5.73. The first-order valence-corrected chi connectivity index (χ1v) is 13.3. The van der Waals surface area contributed by atoms with Crippen molar-refractivity contribution in [2.45, 2.75) is 63.8 Å². The van der Waals surface area contributed by atoms with E-state index in [1.807, 2.05) is 21.3 Å². The molecule has 5 rings (SSSR count). The highest BCUT2D eigenvalue weighted by atomic mass is 32.2. The first kappa shape index (κ1) is 23.7. The molecule has 1 amide bonds. The number of hydrogen-bond acceptors (Lipinski definition) is 4. The summed E-state index contributed by atoms with van der Waals surface area (Å²) in [5, 5.41) is 2.28. The Morgan fingerprint density at radius 2 is 1.69 bits per heavy atom. The zero-order valence-electron chi connectivity index (χ0n) is 21.1. The number of carbonyl (C=O) groups excluding carboxylic acids is 1. The Kier molecular flexibility index (Phi) is 6.04. The second kappa shape index (κ2) is 8.90. The molecule has 5 nitrogen and oxygen atoms in total. The summed E-state index contributed by atoms with van der Waals surface area (Å²) >= 11 is 1.86. The van der Waals surface area contributed by atoms with Crippen LogP contribution >= 0.6 is 11.8 Å². The number of aromatic nitrogens is 1. The van der Waals surface area contributed by atoms with Gasteiger partial charge in [-0.3, -0.25) is 19.3 Å². The van der Waals surface area contributed by atoms with Crippen molar-refractivity contribution >= 4 is 17.7 Å². The van der Waals surface area contributed by atoms with E-state index < -0.39 is 0 Å². The molecule has 0 fully saturated rings. The van der Waals surface area contributed by atoms with Gasteiger partial charge in [0.1, 0.15) is 12.4 Å². The highest BCUT2D eigenvalue weighted by molar-refractivity contribution is 7.98. The van der Waals surface area contributed by atoms with Crippen LogP contribution in [-0.2, 0) is 5.75 Å². The van der Waals surface area contributed by atoms with Gasteiger partial charge in [-0.25, -0.2) is 0 Å². The topological polar surface area (TPSA) is 45.5 Å². The molecule has 182 valence electrons. The van der Waals surface area contributed by atoms with Gasteiger partial charge in [0.05, 0.1) is 6.04 Å². The molecule has 3 heterocycles. The summed E-state index contributed by atoms with van der Waals surface area (Å²) < 4.78 is 1.94. The van der Waals surface area contributed by atoms with Gasteiger partial charge in [0.2, 0.25) is 0 Å². The normalized spacial score (nSPS) is 18.4. The maximum atomic E-state index is 14.0. The maximum Gasteiger partial charge on any atom is 0.274 e. The summed E-state index contributed by atoms with van der Waals surface area (Å²) in [6.45, 7) is 10.9. The van der Waals surface area contributed by atoms with Crippen LogP contribution in [0.4, 0.5) is 0 Å². The van der Waals surface area contributed by atoms with Gasteiger partial charge in [0, 0.05) is 34.5 Å². The van der Waals surface area contributed by atoms with E-state index in [2.05, 4.69) is 81.2 Å². The van der Waals surface area contributed by atoms with E-state index in [0.29, 0.717) is 17.9 Å². The van der Waals surface area contributed by atoms with Crippen molar-refractivity contribution in [3.05, 3.63) is 99.0 Å². The van der Waals surface area contributed by atoms with Crippen molar-refractivity contribution in [3.63, 3.8) is 0 Å². The molecule has 0 saturated carbocycles. The zero-order valence-corrected chi connectivity index (χ0v) is 21.9. The average Bonchev–Trinajstić information content (AvgIpc) is 2.99. The SMILES string of the molecule is CC[C@@H](N1CN(C2c3ccccc3CSc3ccccc32)n2ccc(=O)c(C)c2C1=O)C(C)(C)C. The Morgan fingerprint density at radius 3 is 2.40 bits per heavy atom. The lowest BCUT2D eigenvalue weighted by Gasteiger charge is -2.49. The standard InChI is InChI=1S/C29H33N3O2S/c1-6-25(29(3,4)5)30-18-32(31-16-15-23(33)19(2)26(31)28(30)34)27-21-12-8-7-11-20(21)17-35-24-14-10-9-13-22(24)27/h7-16,25,27H,6,17-18H2,1-5H3/t25-,27?/m1/s1. The predicted molar refractivity (Wildman–Crippen MR) is 143 cm³/mol. The van der Waals surface area contributed by atoms with Gasteiger partial charge in [0.15, 0.2) is 5.43 Å². The molecule has 2 aromatic carbocycles. The molecule has 0 aliphatic carbocycles. The number of rotatable bonds is 3. The van der Waals surface area contributed by atoms with Crippen molar-refractivity contribution in [2.75, 3.05) is 11.7 Å². The Morgan fingerprint density at radius 1 is 1.00 bits per heavy atom. The molecular formula is C29H33N3O2S. The maximum absolute atomic E-state index is 14.0. The molecule has 1 unspecified atom stereocenters. The molecule has 0 radical (unpaired) electrons. The summed E-state index contributed by atoms with van der Waals surface area (Å²) in [5.74, 6) is 0.832. The van der Waals surface area contributed by atoms with Crippen molar-refractivity contribution in [3.8, 4) is 0 Å². The number of pyridine rings is 1. The van der Waals surface area contributed by atoms with Gasteiger partial charge < -0.3 is 4.90 Å². The molecular weight excluding hydrogens is 454 g/mol. The van der Waals surface area contributed by atoms with E-state index >= 15 is 0 Å². The Balaban J connectivity index is 1.77. The number of thioether (sulfide) groups is 1. The number of amides is 1. The summed E-state index contributed by atoms with van der Waals surface area (Å²) in [7, 11) is 0. The van der Waals surface area contributed by atoms with E-state index in [0.717, 1.165) is 12.2 Å². The average molecular weight is 488 g/mol. The minimum atomic E-state index is -0.104. The first-order chi connectivity index (χ1) is 16.7. The quantitative estimate of drug-likeness (QED) is 0.473. The number of carbonyl (C=O) groups is 1. The summed E-state index contributed by atoms with van der Waals surface area (Å²) in [6, 6.07) is 18.7. The van der Waals surface area contributed by atoms with Crippen LogP contribution in [0.2, 0.25) is 0 Å². The van der Waals surface area contributed by atoms with E-state index in [-0.39, 0.29) is 28.8 Å². The van der Waals surface area contributed by atoms with E-state index in [9.17, 15) is 9.59 Å². The van der Waals surface area contributed by atoms with Crippen LogP contribution in [0.15, 0.2) is 70.5 Å². The third kappa shape index (κ3) is 3.98. The lowest BCUT2D eigenvalue weighted by atomic mass is 9.83. The van der Waals surface area contributed by atoms with E-state index in [1.165, 1.54) is 21.6 Å². The molecule has 1 aromatic heterocycles. The second-order valence-electron chi connectivity index (χ2n) is 10.6. The van der Waals surface area contributed by atoms with E-state index in [4.69, 9.17) is 0 Å². The highest BCUT2D eigenvalue weighted by Crippen LogP contribution is 2.43. The summed E-state index contributed by atoms with van der Waals surface area (Å²) in [6.07, 6.45) is 2.62. The number of fused-ring (bicyclic) bond motifs is 3. The van der Waals surface area contributed by atoms with Crippen LogP contribution in [0.3, 0.4) is 0 Å². The van der Waals surface area contributed by atoms with Gasteiger partial charge in [-0.05, 0) is 41.5 Å². The Bertz CT molecular complexity index is 1290. The molecule has 0 bridgehead atoms. The van der Waals surface area contributed by atoms with Crippen molar-refractivity contribution in [1.82, 2.24) is 9.58 Å². The summed E-state index contributed by atoms with van der Waals surface area (Å²) in [4.78, 5) is 29.9. The van der Waals surface area contributed by atoms with Gasteiger partial charge >= 0.3 is 0 Å².